The summed E-state index contributed by atoms with van der Waals surface area (Å²) in [4.78, 5) is 27.2. The number of aromatic nitrogens is 1. The van der Waals surface area contributed by atoms with Crippen LogP contribution in [0.2, 0.25) is 0 Å². The Kier molecular flexibility index (Phi) is 8.92. The minimum atomic E-state index is -0.305. The molecule has 0 bridgehead atoms. The van der Waals surface area contributed by atoms with E-state index in [1.165, 1.54) is 21.3 Å². The molecule has 0 aliphatic rings. The van der Waals surface area contributed by atoms with Crippen LogP contribution in [0.15, 0.2) is 22.7 Å². The fraction of sp³-hybridized carbons (Fsp3) is 0.522. The van der Waals surface area contributed by atoms with Crippen molar-refractivity contribution in [2.75, 3.05) is 34.4 Å². The summed E-state index contributed by atoms with van der Waals surface area (Å²) in [5.74, 6) is 1.60. The molecule has 0 fully saturated rings. The highest BCUT2D eigenvalue weighted by Crippen LogP contribution is 2.38. The van der Waals surface area contributed by atoms with E-state index in [2.05, 4.69) is 10.5 Å². The van der Waals surface area contributed by atoms with Crippen molar-refractivity contribution in [2.45, 2.75) is 34.2 Å². The Labute approximate surface area is 189 Å². The highest BCUT2D eigenvalue weighted by Gasteiger charge is 2.24. The predicted molar refractivity (Wildman–Crippen MR) is 119 cm³/mol. The van der Waals surface area contributed by atoms with Crippen molar-refractivity contribution < 1.29 is 28.3 Å². The van der Waals surface area contributed by atoms with Gasteiger partial charge in [0.2, 0.25) is 5.75 Å². The molecule has 0 atom stereocenters. The average molecular weight is 448 g/mol. The van der Waals surface area contributed by atoms with E-state index in [1.54, 1.807) is 23.1 Å². The van der Waals surface area contributed by atoms with Gasteiger partial charge in [0, 0.05) is 24.7 Å². The van der Waals surface area contributed by atoms with Crippen molar-refractivity contribution >= 4 is 11.8 Å². The van der Waals surface area contributed by atoms with E-state index in [4.69, 9.17) is 18.7 Å². The first kappa shape index (κ1) is 25.0. The van der Waals surface area contributed by atoms with Gasteiger partial charge in [0.1, 0.15) is 0 Å². The van der Waals surface area contributed by atoms with Crippen LogP contribution in [0.4, 0.5) is 0 Å². The number of hydrogen-bond donors (Lipinski definition) is 1. The minimum Gasteiger partial charge on any atom is -0.493 e. The lowest BCUT2D eigenvalue weighted by molar-refractivity contribution is 0.0704. The summed E-state index contributed by atoms with van der Waals surface area (Å²) in [5, 5.41) is 6.65. The van der Waals surface area contributed by atoms with Crippen molar-refractivity contribution in [3.63, 3.8) is 0 Å². The molecule has 0 aliphatic carbocycles. The molecule has 176 valence electrons. The van der Waals surface area contributed by atoms with Crippen LogP contribution in [0.1, 0.15) is 54.3 Å². The molecule has 1 heterocycles. The van der Waals surface area contributed by atoms with Gasteiger partial charge in [-0.05, 0) is 24.0 Å². The first-order valence-electron chi connectivity index (χ1n) is 10.5. The number of amides is 2. The van der Waals surface area contributed by atoms with E-state index >= 15 is 0 Å². The topological polar surface area (TPSA) is 103 Å². The van der Waals surface area contributed by atoms with Crippen LogP contribution in [0.25, 0.3) is 0 Å². The second kappa shape index (κ2) is 11.4. The fourth-order valence-corrected chi connectivity index (χ4v) is 3.12. The summed E-state index contributed by atoms with van der Waals surface area (Å²) in [6.45, 7) is 9.23. The number of nitrogens with one attached hydrogen (secondary N) is 1. The molecule has 9 heteroatoms. The lowest BCUT2D eigenvalue weighted by atomic mass is 10.1. The van der Waals surface area contributed by atoms with E-state index in [-0.39, 0.29) is 30.0 Å². The zero-order valence-corrected chi connectivity index (χ0v) is 19.9. The monoisotopic (exact) mass is 447 g/mol. The van der Waals surface area contributed by atoms with Gasteiger partial charge in [-0.25, -0.2) is 0 Å². The Bertz CT molecular complexity index is 897. The maximum atomic E-state index is 13.4. The van der Waals surface area contributed by atoms with Crippen molar-refractivity contribution in [3.05, 3.63) is 35.2 Å². The Balaban J connectivity index is 2.27. The van der Waals surface area contributed by atoms with Gasteiger partial charge < -0.3 is 29.0 Å². The zero-order chi connectivity index (χ0) is 23.8. The summed E-state index contributed by atoms with van der Waals surface area (Å²) in [6, 6.07) is 4.79. The third kappa shape index (κ3) is 6.38. The standard InChI is InChI=1S/C23H33N3O6/c1-14(2)11-24-22(27)18-10-17(32-25-18)13-26(12-15(3)4)23(28)16-8-19(29-5)21(31-7)20(9-16)30-6/h8-10,14-15H,11-13H2,1-7H3,(H,24,27). The minimum absolute atomic E-state index is 0.165. The van der Waals surface area contributed by atoms with Crippen molar-refractivity contribution in [3.8, 4) is 17.2 Å². The molecule has 32 heavy (non-hydrogen) atoms. The van der Waals surface area contributed by atoms with Gasteiger partial charge in [-0.2, -0.15) is 0 Å². The molecule has 0 saturated carbocycles. The molecule has 0 aliphatic heterocycles. The summed E-state index contributed by atoms with van der Waals surface area (Å²) >= 11 is 0. The van der Waals surface area contributed by atoms with E-state index in [0.717, 1.165) is 0 Å². The molecule has 2 amide bonds. The van der Waals surface area contributed by atoms with Gasteiger partial charge in [0.05, 0.1) is 27.9 Å². The number of nitrogens with zero attached hydrogens (tertiary/aromatic N) is 2. The number of ether oxygens (including phenoxy) is 3. The van der Waals surface area contributed by atoms with Crippen molar-refractivity contribution in [2.24, 2.45) is 11.8 Å². The van der Waals surface area contributed by atoms with Crippen LogP contribution < -0.4 is 19.5 Å². The molecule has 0 saturated heterocycles. The number of carbonyl (C=O) groups excluding carboxylic acids is 2. The van der Waals surface area contributed by atoms with Crippen molar-refractivity contribution in [1.82, 2.24) is 15.4 Å². The molecule has 0 spiro atoms. The molecule has 2 aromatic rings. The van der Waals surface area contributed by atoms with Crippen LogP contribution >= 0.6 is 0 Å². The zero-order valence-electron chi connectivity index (χ0n) is 19.9. The van der Waals surface area contributed by atoms with Crippen LogP contribution in [-0.4, -0.2) is 56.3 Å². The second-order valence-corrected chi connectivity index (χ2v) is 8.28. The smallest absolute Gasteiger partial charge is 0.273 e. The van der Waals surface area contributed by atoms with E-state index in [1.807, 2.05) is 27.7 Å². The Morgan fingerprint density at radius 1 is 1.00 bits per heavy atom. The van der Waals surface area contributed by atoms with Gasteiger partial charge in [-0.1, -0.05) is 32.9 Å². The maximum absolute atomic E-state index is 13.4. The van der Waals surface area contributed by atoms with Crippen LogP contribution in [0.5, 0.6) is 17.2 Å². The molecular formula is C23H33N3O6. The number of methoxy groups -OCH3 is 3. The molecule has 1 aromatic carbocycles. The van der Waals surface area contributed by atoms with Crippen LogP contribution in [-0.2, 0) is 6.54 Å². The van der Waals surface area contributed by atoms with Gasteiger partial charge in [0.15, 0.2) is 23.0 Å². The number of carbonyl (C=O) groups is 2. The summed E-state index contributed by atoms with van der Waals surface area (Å²) in [5.41, 5.74) is 0.569. The lowest BCUT2D eigenvalue weighted by Crippen LogP contribution is -2.33. The number of benzene rings is 1. The van der Waals surface area contributed by atoms with Crippen molar-refractivity contribution in [1.29, 1.82) is 0 Å². The van der Waals surface area contributed by atoms with E-state index < -0.39 is 0 Å². The highest BCUT2D eigenvalue weighted by molar-refractivity contribution is 5.96. The van der Waals surface area contributed by atoms with Gasteiger partial charge in [-0.15, -0.1) is 0 Å². The molecule has 1 aromatic heterocycles. The van der Waals surface area contributed by atoms with Gasteiger partial charge in [0.25, 0.3) is 11.8 Å². The highest BCUT2D eigenvalue weighted by atomic mass is 16.5. The summed E-state index contributed by atoms with van der Waals surface area (Å²) < 4.78 is 21.4. The Hall–Kier alpha value is -3.23. The number of hydrogen-bond acceptors (Lipinski definition) is 7. The quantitative estimate of drug-likeness (QED) is 0.563. The Morgan fingerprint density at radius 2 is 1.62 bits per heavy atom. The van der Waals surface area contributed by atoms with Gasteiger partial charge >= 0.3 is 0 Å². The second-order valence-electron chi connectivity index (χ2n) is 8.28. The maximum Gasteiger partial charge on any atom is 0.273 e. The largest absolute Gasteiger partial charge is 0.493 e. The summed E-state index contributed by atoms with van der Waals surface area (Å²) in [7, 11) is 4.50. The average Bonchev–Trinajstić information content (AvgIpc) is 3.23. The van der Waals surface area contributed by atoms with Crippen LogP contribution in [0, 0.1) is 11.8 Å². The van der Waals surface area contributed by atoms with E-state index in [0.29, 0.717) is 47.6 Å². The molecular weight excluding hydrogens is 414 g/mol. The van der Waals surface area contributed by atoms with Gasteiger partial charge in [-0.3, -0.25) is 9.59 Å². The molecule has 0 radical (unpaired) electrons. The SMILES string of the molecule is COc1cc(C(=O)N(Cc2cc(C(=O)NCC(C)C)no2)CC(C)C)cc(OC)c1OC. The fourth-order valence-electron chi connectivity index (χ4n) is 3.12. The first-order valence-corrected chi connectivity index (χ1v) is 10.5. The molecule has 9 nitrogen and oxygen atoms in total. The summed E-state index contributed by atoms with van der Waals surface area (Å²) in [6.07, 6.45) is 0. The first-order chi connectivity index (χ1) is 15.2. The molecule has 2 rings (SSSR count). The Morgan fingerprint density at radius 3 is 2.12 bits per heavy atom. The number of rotatable bonds is 11. The normalized spacial score (nSPS) is 10.9. The lowest BCUT2D eigenvalue weighted by Gasteiger charge is -2.24. The molecule has 1 N–H and O–H groups in total. The third-order valence-corrected chi connectivity index (χ3v) is 4.59. The van der Waals surface area contributed by atoms with Crippen LogP contribution in [0.3, 0.4) is 0 Å². The van der Waals surface area contributed by atoms with E-state index in [9.17, 15) is 9.59 Å². The predicted octanol–water partition coefficient (Wildman–Crippen LogP) is 3.38. The third-order valence-electron chi connectivity index (χ3n) is 4.59. The molecule has 0 unspecified atom stereocenters.